The molecule has 0 aliphatic heterocycles. The number of imidazole rings is 1. The Bertz CT molecular complexity index is 627. The standard InChI is InChI=1S/C13H18N4O2/c1-16(2)8-7-14-12(18)9-17-11-6-4-3-5-10(11)15-13(17)19/h3-6H,7-9H2,1-2H3,(H,14,18)(H,15,19). The third-order valence-corrected chi connectivity index (χ3v) is 2.86. The minimum atomic E-state index is -0.260. The Morgan fingerprint density at radius 3 is 2.84 bits per heavy atom. The number of rotatable bonds is 5. The van der Waals surface area contributed by atoms with Crippen molar-refractivity contribution in [1.82, 2.24) is 19.8 Å². The second kappa shape index (κ2) is 5.71. The predicted octanol–water partition coefficient (Wildman–Crippen LogP) is 0.00740. The molecule has 0 bridgehead atoms. The maximum atomic E-state index is 11.8. The fourth-order valence-electron chi connectivity index (χ4n) is 1.88. The van der Waals surface area contributed by atoms with Gasteiger partial charge >= 0.3 is 5.69 Å². The van der Waals surface area contributed by atoms with Crippen molar-refractivity contribution < 1.29 is 4.79 Å². The highest BCUT2D eigenvalue weighted by Gasteiger charge is 2.09. The van der Waals surface area contributed by atoms with Gasteiger partial charge in [-0.05, 0) is 26.2 Å². The molecule has 0 fully saturated rings. The van der Waals surface area contributed by atoms with Gasteiger partial charge in [-0.1, -0.05) is 12.1 Å². The molecule has 0 spiro atoms. The first-order chi connectivity index (χ1) is 9.08. The quantitative estimate of drug-likeness (QED) is 0.797. The summed E-state index contributed by atoms with van der Waals surface area (Å²) in [6.45, 7) is 1.38. The Balaban J connectivity index is 2.07. The van der Waals surface area contributed by atoms with E-state index in [0.29, 0.717) is 6.54 Å². The van der Waals surface area contributed by atoms with Gasteiger partial charge in [0.15, 0.2) is 0 Å². The first-order valence-corrected chi connectivity index (χ1v) is 6.17. The van der Waals surface area contributed by atoms with Gasteiger partial charge in [-0.25, -0.2) is 4.79 Å². The molecule has 0 atom stereocenters. The fraction of sp³-hybridized carbons (Fsp3) is 0.385. The lowest BCUT2D eigenvalue weighted by atomic mass is 10.3. The van der Waals surface area contributed by atoms with Crippen molar-refractivity contribution in [2.45, 2.75) is 6.54 Å². The molecule has 2 aromatic rings. The number of aromatic amines is 1. The number of fused-ring (bicyclic) bond motifs is 1. The summed E-state index contributed by atoms with van der Waals surface area (Å²) in [5.41, 5.74) is 1.23. The van der Waals surface area contributed by atoms with Crippen LogP contribution in [0.5, 0.6) is 0 Å². The zero-order chi connectivity index (χ0) is 13.8. The number of hydrogen-bond acceptors (Lipinski definition) is 3. The second-order valence-corrected chi connectivity index (χ2v) is 4.69. The van der Waals surface area contributed by atoms with Crippen molar-refractivity contribution in [1.29, 1.82) is 0 Å². The smallest absolute Gasteiger partial charge is 0.326 e. The number of nitrogens with one attached hydrogen (secondary N) is 2. The van der Waals surface area contributed by atoms with E-state index in [4.69, 9.17) is 0 Å². The van der Waals surface area contributed by atoms with Gasteiger partial charge in [0.2, 0.25) is 5.91 Å². The lowest BCUT2D eigenvalue weighted by molar-refractivity contribution is -0.121. The van der Waals surface area contributed by atoms with Gasteiger partial charge in [0.25, 0.3) is 0 Å². The van der Waals surface area contributed by atoms with E-state index in [0.717, 1.165) is 17.6 Å². The molecule has 2 rings (SSSR count). The molecular weight excluding hydrogens is 244 g/mol. The summed E-state index contributed by atoms with van der Waals surface area (Å²) in [4.78, 5) is 28.3. The number of benzene rings is 1. The Morgan fingerprint density at radius 2 is 2.11 bits per heavy atom. The molecule has 6 nitrogen and oxygen atoms in total. The van der Waals surface area contributed by atoms with Crippen molar-refractivity contribution in [3.8, 4) is 0 Å². The number of hydrogen-bond donors (Lipinski definition) is 2. The van der Waals surface area contributed by atoms with E-state index in [1.807, 2.05) is 43.3 Å². The van der Waals surface area contributed by atoms with Crippen LogP contribution < -0.4 is 11.0 Å². The molecule has 1 heterocycles. The minimum Gasteiger partial charge on any atom is -0.353 e. The molecule has 0 saturated carbocycles. The summed E-state index contributed by atoms with van der Waals surface area (Å²) >= 11 is 0. The SMILES string of the molecule is CN(C)CCNC(=O)Cn1c(=O)[nH]c2ccccc21. The average Bonchev–Trinajstić information content (AvgIpc) is 2.66. The number of para-hydroxylation sites is 2. The van der Waals surface area contributed by atoms with Gasteiger partial charge < -0.3 is 15.2 Å². The number of H-pyrrole nitrogens is 1. The van der Waals surface area contributed by atoms with Crippen molar-refractivity contribution in [2.75, 3.05) is 27.2 Å². The van der Waals surface area contributed by atoms with E-state index in [9.17, 15) is 9.59 Å². The Labute approximate surface area is 111 Å². The molecule has 0 saturated heterocycles. The Morgan fingerprint density at radius 1 is 1.37 bits per heavy atom. The van der Waals surface area contributed by atoms with E-state index < -0.39 is 0 Å². The van der Waals surface area contributed by atoms with Gasteiger partial charge in [-0.2, -0.15) is 0 Å². The van der Waals surface area contributed by atoms with E-state index in [-0.39, 0.29) is 18.1 Å². The summed E-state index contributed by atoms with van der Waals surface area (Å²) in [6.07, 6.45) is 0. The molecule has 2 N–H and O–H groups in total. The van der Waals surface area contributed by atoms with Crippen LogP contribution in [0.2, 0.25) is 0 Å². The first-order valence-electron chi connectivity index (χ1n) is 6.17. The average molecular weight is 262 g/mol. The van der Waals surface area contributed by atoms with Crippen LogP contribution >= 0.6 is 0 Å². The van der Waals surface area contributed by atoms with Crippen LogP contribution in [0.25, 0.3) is 11.0 Å². The zero-order valence-corrected chi connectivity index (χ0v) is 11.1. The van der Waals surface area contributed by atoms with Gasteiger partial charge in [0.1, 0.15) is 6.54 Å². The molecular formula is C13H18N4O2. The Kier molecular flexibility index (Phi) is 4.01. The number of carbonyl (C=O) groups excluding carboxylic acids is 1. The van der Waals surface area contributed by atoms with Gasteiger partial charge in [-0.15, -0.1) is 0 Å². The number of likely N-dealkylation sites (N-methyl/N-ethyl adjacent to an activating group) is 1. The van der Waals surface area contributed by atoms with Crippen molar-refractivity contribution in [2.24, 2.45) is 0 Å². The van der Waals surface area contributed by atoms with E-state index in [1.54, 1.807) is 0 Å². The van der Waals surface area contributed by atoms with Crippen LogP contribution in [0.15, 0.2) is 29.1 Å². The summed E-state index contributed by atoms with van der Waals surface area (Å²) in [5.74, 6) is -0.159. The largest absolute Gasteiger partial charge is 0.353 e. The molecule has 0 aliphatic carbocycles. The molecule has 1 aromatic heterocycles. The third-order valence-electron chi connectivity index (χ3n) is 2.86. The molecule has 19 heavy (non-hydrogen) atoms. The van der Waals surface area contributed by atoms with Crippen LogP contribution in [0, 0.1) is 0 Å². The number of amides is 1. The molecule has 6 heteroatoms. The normalized spacial score (nSPS) is 11.1. The topological polar surface area (TPSA) is 70.1 Å². The van der Waals surface area contributed by atoms with Crippen LogP contribution in [0.1, 0.15) is 0 Å². The highest BCUT2D eigenvalue weighted by molar-refractivity contribution is 5.80. The number of aromatic nitrogens is 2. The zero-order valence-electron chi connectivity index (χ0n) is 11.1. The van der Waals surface area contributed by atoms with Gasteiger partial charge in [0, 0.05) is 13.1 Å². The van der Waals surface area contributed by atoms with Crippen molar-refractivity contribution in [3.63, 3.8) is 0 Å². The monoisotopic (exact) mass is 262 g/mol. The van der Waals surface area contributed by atoms with E-state index in [2.05, 4.69) is 10.3 Å². The summed E-state index contributed by atoms with van der Waals surface area (Å²) < 4.78 is 1.44. The van der Waals surface area contributed by atoms with E-state index in [1.165, 1.54) is 4.57 Å². The van der Waals surface area contributed by atoms with Crippen molar-refractivity contribution >= 4 is 16.9 Å². The summed E-state index contributed by atoms with van der Waals surface area (Å²) in [5, 5.41) is 2.79. The second-order valence-electron chi connectivity index (χ2n) is 4.69. The molecule has 0 radical (unpaired) electrons. The van der Waals surface area contributed by atoms with Crippen LogP contribution in [-0.4, -0.2) is 47.5 Å². The summed E-state index contributed by atoms with van der Waals surface area (Å²) in [7, 11) is 3.88. The van der Waals surface area contributed by atoms with Gasteiger partial charge in [0.05, 0.1) is 11.0 Å². The number of nitrogens with zero attached hydrogens (tertiary/aromatic N) is 2. The van der Waals surface area contributed by atoms with Gasteiger partial charge in [-0.3, -0.25) is 9.36 Å². The highest BCUT2D eigenvalue weighted by Crippen LogP contribution is 2.08. The maximum absolute atomic E-state index is 11.8. The number of carbonyl (C=O) groups is 1. The molecule has 0 aliphatic rings. The first kappa shape index (κ1) is 13.4. The molecule has 1 aromatic carbocycles. The van der Waals surface area contributed by atoms with Crippen molar-refractivity contribution in [3.05, 3.63) is 34.7 Å². The molecule has 102 valence electrons. The molecule has 1 amide bonds. The predicted molar refractivity (Wildman–Crippen MR) is 74.1 cm³/mol. The minimum absolute atomic E-state index is 0.0380. The van der Waals surface area contributed by atoms with E-state index >= 15 is 0 Å². The lowest BCUT2D eigenvalue weighted by Crippen LogP contribution is -2.35. The van der Waals surface area contributed by atoms with Crippen LogP contribution in [0.4, 0.5) is 0 Å². The maximum Gasteiger partial charge on any atom is 0.326 e. The van der Waals surface area contributed by atoms with Crippen LogP contribution in [0.3, 0.4) is 0 Å². The highest BCUT2D eigenvalue weighted by atomic mass is 16.2. The van der Waals surface area contributed by atoms with Crippen LogP contribution in [-0.2, 0) is 11.3 Å². The molecule has 0 unspecified atom stereocenters. The fourth-order valence-corrected chi connectivity index (χ4v) is 1.88. The summed E-state index contributed by atoms with van der Waals surface area (Å²) in [6, 6.07) is 7.33. The third kappa shape index (κ3) is 3.23. The lowest BCUT2D eigenvalue weighted by Gasteiger charge is -2.10. The Hall–Kier alpha value is -2.08.